The fourth-order valence-electron chi connectivity index (χ4n) is 1.55. The zero-order chi connectivity index (χ0) is 12.3. The number of carbonyl (C=O) groups excluding carboxylic acids is 2. The lowest BCUT2D eigenvalue weighted by molar-refractivity contribution is -0.131. The molecular weight excluding hydrogens is 218 g/mol. The molecule has 4 heteroatoms. The molecule has 0 atom stereocenters. The summed E-state index contributed by atoms with van der Waals surface area (Å²) in [4.78, 5) is 24.6. The first-order chi connectivity index (χ1) is 8.20. The Bertz CT molecular complexity index is 543. The van der Waals surface area contributed by atoms with E-state index < -0.39 is 5.97 Å². The number of aromatic nitrogens is 1. The maximum atomic E-state index is 10.9. The maximum Gasteiger partial charge on any atom is 0.308 e. The van der Waals surface area contributed by atoms with Gasteiger partial charge >= 0.3 is 5.97 Å². The minimum absolute atomic E-state index is 0.256. The molecule has 0 bridgehead atoms. The van der Waals surface area contributed by atoms with Crippen LogP contribution in [0.5, 0.6) is 5.75 Å². The van der Waals surface area contributed by atoms with E-state index in [1.807, 2.05) is 30.3 Å². The molecule has 1 aromatic heterocycles. The molecule has 0 saturated carbocycles. The summed E-state index contributed by atoms with van der Waals surface area (Å²) < 4.78 is 4.94. The third-order valence-corrected chi connectivity index (χ3v) is 2.27. The minimum Gasteiger partial charge on any atom is -0.424 e. The summed E-state index contributed by atoms with van der Waals surface area (Å²) in [7, 11) is 0. The van der Waals surface area contributed by atoms with Crippen LogP contribution in [-0.2, 0) is 4.79 Å². The van der Waals surface area contributed by atoms with Crippen molar-refractivity contribution in [2.75, 3.05) is 0 Å². The average Bonchev–Trinajstić information content (AvgIpc) is 2.72. The van der Waals surface area contributed by atoms with Gasteiger partial charge in [0.1, 0.15) is 5.69 Å². The van der Waals surface area contributed by atoms with Gasteiger partial charge in [-0.25, -0.2) is 0 Å². The molecule has 1 heterocycles. The zero-order valence-corrected chi connectivity index (χ0v) is 9.27. The standard InChI is InChI=1S/C13H11NO3/c1-9(16)17-13-7-11(14-12(13)8-15)10-5-3-2-4-6-10/h2-8,14H,1H3. The van der Waals surface area contributed by atoms with Crippen molar-refractivity contribution < 1.29 is 14.3 Å². The van der Waals surface area contributed by atoms with Crippen LogP contribution in [0.15, 0.2) is 36.4 Å². The summed E-state index contributed by atoms with van der Waals surface area (Å²) in [5.41, 5.74) is 1.93. The van der Waals surface area contributed by atoms with E-state index in [0.29, 0.717) is 6.29 Å². The molecule has 0 aliphatic heterocycles. The van der Waals surface area contributed by atoms with Crippen LogP contribution in [0.1, 0.15) is 17.4 Å². The average molecular weight is 229 g/mol. The second-order valence-corrected chi connectivity index (χ2v) is 3.54. The molecule has 86 valence electrons. The number of H-pyrrole nitrogens is 1. The smallest absolute Gasteiger partial charge is 0.308 e. The quantitative estimate of drug-likeness (QED) is 0.649. The molecular formula is C13H11NO3. The zero-order valence-electron chi connectivity index (χ0n) is 9.27. The molecule has 0 aliphatic carbocycles. The number of aromatic amines is 1. The summed E-state index contributed by atoms with van der Waals surface area (Å²) >= 11 is 0. The largest absolute Gasteiger partial charge is 0.424 e. The number of nitrogens with one attached hydrogen (secondary N) is 1. The lowest BCUT2D eigenvalue weighted by Gasteiger charge is -1.96. The lowest BCUT2D eigenvalue weighted by atomic mass is 10.2. The number of benzene rings is 1. The monoisotopic (exact) mass is 229 g/mol. The van der Waals surface area contributed by atoms with Gasteiger partial charge in [-0.05, 0) is 5.56 Å². The topological polar surface area (TPSA) is 59.2 Å². The molecule has 0 radical (unpaired) electrons. The Labute approximate surface area is 98.2 Å². The molecule has 2 aromatic rings. The Morgan fingerprint density at radius 3 is 2.59 bits per heavy atom. The highest BCUT2D eigenvalue weighted by molar-refractivity contribution is 5.83. The van der Waals surface area contributed by atoms with Gasteiger partial charge in [0.15, 0.2) is 12.0 Å². The van der Waals surface area contributed by atoms with E-state index in [4.69, 9.17) is 4.74 Å². The van der Waals surface area contributed by atoms with Crippen molar-refractivity contribution in [2.24, 2.45) is 0 Å². The Morgan fingerprint density at radius 2 is 2.00 bits per heavy atom. The van der Waals surface area contributed by atoms with Gasteiger partial charge < -0.3 is 9.72 Å². The van der Waals surface area contributed by atoms with Gasteiger partial charge in [-0.3, -0.25) is 9.59 Å². The first-order valence-corrected chi connectivity index (χ1v) is 5.12. The molecule has 2 rings (SSSR count). The van der Waals surface area contributed by atoms with Crippen molar-refractivity contribution in [1.29, 1.82) is 0 Å². The van der Waals surface area contributed by atoms with Crippen LogP contribution in [-0.4, -0.2) is 17.2 Å². The van der Waals surface area contributed by atoms with Crippen molar-refractivity contribution in [3.63, 3.8) is 0 Å². The van der Waals surface area contributed by atoms with Crippen LogP contribution in [0.25, 0.3) is 11.3 Å². The van der Waals surface area contributed by atoms with Gasteiger partial charge in [-0.2, -0.15) is 0 Å². The van der Waals surface area contributed by atoms with Crippen molar-refractivity contribution in [3.05, 3.63) is 42.1 Å². The van der Waals surface area contributed by atoms with E-state index in [-0.39, 0.29) is 11.4 Å². The van der Waals surface area contributed by atoms with Crippen LogP contribution < -0.4 is 4.74 Å². The Hall–Kier alpha value is -2.36. The van der Waals surface area contributed by atoms with Crippen molar-refractivity contribution in [2.45, 2.75) is 6.92 Å². The second kappa shape index (κ2) is 4.65. The first kappa shape index (κ1) is 11.1. The van der Waals surface area contributed by atoms with E-state index in [1.54, 1.807) is 6.07 Å². The molecule has 0 saturated heterocycles. The van der Waals surface area contributed by atoms with Crippen LogP contribution >= 0.6 is 0 Å². The van der Waals surface area contributed by atoms with Crippen LogP contribution in [0.4, 0.5) is 0 Å². The first-order valence-electron chi connectivity index (χ1n) is 5.12. The summed E-state index contributed by atoms with van der Waals surface area (Å²) in [6.45, 7) is 1.30. The summed E-state index contributed by atoms with van der Waals surface area (Å²) in [5, 5.41) is 0. The van der Waals surface area contributed by atoms with E-state index in [2.05, 4.69) is 4.98 Å². The van der Waals surface area contributed by atoms with Crippen molar-refractivity contribution in [1.82, 2.24) is 4.98 Å². The molecule has 0 amide bonds. The molecule has 0 unspecified atom stereocenters. The number of carbonyl (C=O) groups is 2. The molecule has 0 fully saturated rings. The SMILES string of the molecule is CC(=O)Oc1cc(-c2ccccc2)[nH]c1C=O. The normalized spacial score (nSPS) is 9.94. The molecule has 4 nitrogen and oxygen atoms in total. The Kier molecular flexibility index (Phi) is 3.05. The van der Waals surface area contributed by atoms with Crippen molar-refractivity contribution in [3.8, 4) is 17.0 Å². The molecule has 1 N–H and O–H groups in total. The highest BCUT2D eigenvalue weighted by atomic mass is 16.5. The maximum absolute atomic E-state index is 10.9. The van der Waals surface area contributed by atoms with Gasteiger partial charge in [0.25, 0.3) is 0 Å². The number of hydrogen-bond donors (Lipinski definition) is 1. The number of esters is 1. The highest BCUT2D eigenvalue weighted by Crippen LogP contribution is 2.26. The number of ether oxygens (including phenoxy) is 1. The third-order valence-electron chi connectivity index (χ3n) is 2.27. The van der Waals surface area contributed by atoms with Gasteiger partial charge in [-0.1, -0.05) is 30.3 Å². The molecule has 1 aromatic carbocycles. The van der Waals surface area contributed by atoms with Crippen LogP contribution in [0, 0.1) is 0 Å². The van der Waals surface area contributed by atoms with Gasteiger partial charge in [0.05, 0.1) is 0 Å². The van der Waals surface area contributed by atoms with Gasteiger partial charge in [-0.15, -0.1) is 0 Å². The highest BCUT2D eigenvalue weighted by Gasteiger charge is 2.11. The Morgan fingerprint density at radius 1 is 1.29 bits per heavy atom. The minimum atomic E-state index is -0.452. The van der Waals surface area contributed by atoms with Gasteiger partial charge in [0, 0.05) is 18.7 Å². The van der Waals surface area contributed by atoms with Gasteiger partial charge in [0.2, 0.25) is 0 Å². The lowest BCUT2D eigenvalue weighted by Crippen LogP contribution is -2.02. The van der Waals surface area contributed by atoms with Crippen LogP contribution in [0.3, 0.4) is 0 Å². The summed E-state index contributed by atoms with van der Waals surface area (Å²) in [5.74, 6) is -0.196. The van der Waals surface area contributed by atoms with E-state index in [9.17, 15) is 9.59 Å². The molecule has 17 heavy (non-hydrogen) atoms. The summed E-state index contributed by atoms with van der Waals surface area (Å²) in [6, 6.07) is 11.1. The number of rotatable bonds is 3. The van der Waals surface area contributed by atoms with E-state index in [1.165, 1.54) is 6.92 Å². The van der Waals surface area contributed by atoms with Crippen LogP contribution in [0.2, 0.25) is 0 Å². The number of aldehydes is 1. The predicted molar refractivity (Wildman–Crippen MR) is 62.9 cm³/mol. The fraction of sp³-hybridized carbons (Fsp3) is 0.0769. The van der Waals surface area contributed by atoms with E-state index in [0.717, 1.165) is 11.3 Å². The number of hydrogen-bond acceptors (Lipinski definition) is 3. The third kappa shape index (κ3) is 2.42. The second-order valence-electron chi connectivity index (χ2n) is 3.54. The Balaban J connectivity index is 2.41. The predicted octanol–water partition coefficient (Wildman–Crippen LogP) is 2.42. The summed E-state index contributed by atoms with van der Waals surface area (Å²) in [6.07, 6.45) is 0.630. The molecule has 0 aliphatic rings. The van der Waals surface area contributed by atoms with Crippen molar-refractivity contribution >= 4 is 12.3 Å². The van der Waals surface area contributed by atoms with E-state index >= 15 is 0 Å². The molecule has 0 spiro atoms. The fourth-order valence-corrected chi connectivity index (χ4v) is 1.55.